The molecule has 1 aliphatic carbocycles. The normalized spacial score (nSPS) is 17.9. The lowest BCUT2D eigenvalue weighted by molar-refractivity contribution is -0.143. The summed E-state index contributed by atoms with van der Waals surface area (Å²) in [5, 5.41) is 10.8. The molecule has 49 heavy (non-hydrogen) atoms. The molecule has 1 saturated heterocycles. The highest BCUT2D eigenvalue weighted by atomic mass is 16.2. The number of nitrogens with zero attached hydrogens (tertiary/aromatic N) is 1. The second-order valence-corrected chi connectivity index (χ2v) is 13.6. The number of terminal acetylenes is 1. The minimum Gasteiger partial charge on any atom is -0.346 e. The maximum atomic E-state index is 14.0. The second-order valence-electron chi connectivity index (χ2n) is 13.6. The predicted molar refractivity (Wildman–Crippen MR) is 190 cm³/mol. The van der Waals surface area contributed by atoms with Crippen LogP contribution < -0.4 is 21.3 Å². The van der Waals surface area contributed by atoms with Gasteiger partial charge in [0.2, 0.25) is 17.6 Å². The third-order valence-corrected chi connectivity index (χ3v) is 8.85. The molecule has 0 bridgehead atoms. The topological polar surface area (TPSA) is 154 Å². The van der Waals surface area contributed by atoms with Crippen molar-refractivity contribution in [2.45, 2.75) is 117 Å². The first-order valence-electron chi connectivity index (χ1n) is 17.4. The zero-order chi connectivity index (χ0) is 36.6. The molecule has 11 heteroatoms. The summed E-state index contributed by atoms with van der Waals surface area (Å²) in [6.07, 6.45) is 12.9. The van der Waals surface area contributed by atoms with Crippen LogP contribution in [0.4, 0.5) is 4.79 Å². The number of carbonyl (C=O) groups is 6. The number of amides is 5. The number of Topliss-reactive ketones (excluding diaryl/α,β-unsaturated/α-hetero) is 2. The molecule has 1 saturated carbocycles. The van der Waals surface area contributed by atoms with E-state index in [0.717, 1.165) is 38.5 Å². The molecule has 0 aromatic heterocycles. The quantitative estimate of drug-likeness (QED) is 0.106. The number of likely N-dealkylation sites (tertiary alicyclic amines) is 1. The molecular weight excluding hydrogens is 622 g/mol. The van der Waals surface area contributed by atoms with Gasteiger partial charge in [0, 0.05) is 25.1 Å². The van der Waals surface area contributed by atoms with Gasteiger partial charge in [-0.15, -0.1) is 18.9 Å². The van der Waals surface area contributed by atoms with Gasteiger partial charge in [0.1, 0.15) is 12.1 Å². The molecule has 11 nitrogen and oxygen atoms in total. The standard InChI is InChI=1S/C34H49N5O6.C4H6/c1-6-20-35-31(43)28(41)24(7-2)36-30(42)25-19-14-21-39(25)32(44)29(34(3,4)5)38-33(45)37-26(22-15-10-8-11-16-22)27(40)23-17-12-9-13-18-23;1-3-4-2/h6,9,12-13,17-18,22,24-26,29H,1,7-8,10-11,14-16,19-21H2,2-5H3,(H,35,43)(H,36,42)(H2,37,38,45);1H,4H2,2H3/t24?,25-,26?,29?;/m0./s1. The summed E-state index contributed by atoms with van der Waals surface area (Å²) in [6.45, 7) is 13.0. The molecule has 268 valence electrons. The van der Waals surface area contributed by atoms with Crippen molar-refractivity contribution in [2.75, 3.05) is 13.1 Å². The lowest BCUT2D eigenvalue weighted by Gasteiger charge is -2.36. The second kappa shape index (κ2) is 20.1. The number of rotatable bonds is 13. The monoisotopic (exact) mass is 677 g/mol. The van der Waals surface area contributed by atoms with E-state index in [1.54, 1.807) is 31.2 Å². The van der Waals surface area contributed by atoms with Gasteiger partial charge in [-0.2, -0.15) is 0 Å². The SMILES string of the molecule is C#CCC.C=CCNC(=O)C(=O)C(CC)NC(=O)[C@@H]1CCCN1C(=O)C(NC(=O)NC(C(=O)c1ccccc1)C1CCCCC1)C(C)(C)C. The summed E-state index contributed by atoms with van der Waals surface area (Å²) in [5.74, 6) is -0.289. The van der Waals surface area contributed by atoms with E-state index < -0.39 is 59.1 Å². The van der Waals surface area contributed by atoms with Crippen LogP contribution in [0.2, 0.25) is 0 Å². The fraction of sp³-hybridized carbons (Fsp3) is 0.579. The summed E-state index contributed by atoms with van der Waals surface area (Å²) in [5.41, 5.74) is -0.211. The average Bonchev–Trinajstić information content (AvgIpc) is 3.60. The molecule has 1 aromatic carbocycles. The summed E-state index contributed by atoms with van der Waals surface area (Å²) < 4.78 is 0. The number of hydrogen-bond donors (Lipinski definition) is 4. The number of ketones is 2. The Morgan fingerprint density at radius 2 is 1.59 bits per heavy atom. The van der Waals surface area contributed by atoms with Gasteiger partial charge in [0.15, 0.2) is 5.78 Å². The van der Waals surface area contributed by atoms with Gasteiger partial charge in [-0.3, -0.25) is 24.0 Å². The number of carbonyl (C=O) groups excluding carboxylic acids is 6. The van der Waals surface area contributed by atoms with Crippen LogP contribution in [0.3, 0.4) is 0 Å². The lowest BCUT2D eigenvalue weighted by atomic mass is 9.81. The predicted octanol–water partition coefficient (Wildman–Crippen LogP) is 4.32. The fourth-order valence-corrected chi connectivity index (χ4v) is 6.11. The Balaban J connectivity index is 0.00000197. The Labute approximate surface area is 291 Å². The van der Waals surface area contributed by atoms with Crippen molar-refractivity contribution >= 4 is 35.3 Å². The van der Waals surface area contributed by atoms with Gasteiger partial charge in [-0.25, -0.2) is 4.79 Å². The number of benzene rings is 1. The molecule has 1 aliphatic heterocycles. The van der Waals surface area contributed by atoms with Crippen molar-refractivity contribution in [3.63, 3.8) is 0 Å². The molecule has 5 amide bonds. The van der Waals surface area contributed by atoms with Gasteiger partial charge < -0.3 is 26.2 Å². The van der Waals surface area contributed by atoms with Crippen LogP contribution >= 0.6 is 0 Å². The molecule has 2 fully saturated rings. The number of nitrogens with one attached hydrogen (secondary N) is 4. The fourth-order valence-electron chi connectivity index (χ4n) is 6.11. The maximum Gasteiger partial charge on any atom is 0.316 e. The van der Waals surface area contributed by atoms with Crippen molar-refractivity contribution in [1.29, 1.82) is 0 Å². The van der Waals surface area contributed by atoms with Crippen molar-refractivity contribution in [3.05, 3.63) is 48.6 Å². The van der Waals surface area contributed by atoms with Crippen LogP contribution in [-0.4, -0.2) is 77.5 Å². The van der Waals surface area contributed by atoms with E-state index in [2.05, 4.69) is 33.8 Å². The maximum absolute atomic E-state index is 14.0. The molecule has 3 rings (SSSR count). The highest BCUT2D eigenvalue weighted by Gasteiger charge is 2.43. The van der Waals surface area contributed by atoms with Gasteiger partial charge in [0.25, 0.3) is 5.91 Å². The van der Waals surface area contributed by atoms with E-state index >= 15 is 0 Å². The van der Waals surface area contributed by atoms with Crippen molar-refractivity contribution in [1.82, 2.24) is 26.2 Å². The van der Waals surface area contributed by atoms with Gasteiger partial charge >= 0.3 is 6.03 Å². The highest BCUT2D eigenvalue weighted by molar-refractivity contribution is 6.38. The Morgan fingerprint density at radius 1 is 0.959 bits per heavy atom. The van der Waals surface area contributed by atoms with Crippen molar-refractivity contribution < 1.29 is 28.8 Å². The first-order valence-corrected chi connectivity index (χ1v) is 17.4. The van der Waals surface area contributed by atoms with Crippen molar-refractivity contribution in [2.24, 2.45) is 11.3 Å². The van der Waals surface area contributed by atoms with Crippen molar-refractivity contribution in [3.8, 4) is 12.3 Å². The number of urea groups is 1. The van der Waals surface area contributed by atoms with Crippen LogP contribution in [-0.2, 0) is 19.2 Å². The molecule has 0 spiro atoms. The Hall–Kier alpha value is -4.46. The molecule has 1 heterocycles. The Bertz CT molecular complexity index is 1340. The van der Waals surface area contributed by atoms with Gasteiger partial charge in [-0.05, 0) is 43.4 Å². The van der Waals surface area contributed by atoms with Crippen LogP contribution in [0.25, 0.3) is 0 Å². The highest BCUT2D eigenvalue weighted by Crippen LogP contribution is 2.29. The average molecular weight is 678 g/mol. The molecule has 4 atom stereocenters. The molecule has 1 aromatic rings. The summed E-state index contributed by atoms with van der Waals surface area (Å²) >= 11 is 0. The smallest absolute Gasteiger partial charge is 0.316 e. The zero-order valence-corrected chi connectivity index (χ0v) is 29.8. The Kier molecular flexibility index (Phi) is 16.7. The third kappa shape index (κ3) is 12.2. The molecular formula is C38H55N5O6. The third-order valence-electron chi connectivity index (χ3n) is 8.85. The van der Waals surface area contributed by atoms with Crippen LogP contribution in [0.15, 0.2) is 43.0 Å². The number of hydrogen-bond acceptors (Lipinski definition) is 6. The molecule has 0 radical (unpaired) electrons. The largest absolute Gasteiger partial charge is 0.346 e. The Morgan fingerprint density at radius 3 is 2.14 bits per heavy atom. The first kappa shape index (κ1) is 40.7. The lowest BCUT2D eigenvalue weighted by Crippen LogP contribution is -2.61. The summed E-state index contributed by atoms with van der Waals surface area (Å²) in [7, 11) is 0. The van der Waals surface area contributed by atoms with E-state index in [4.69, 9.17) is 6.42 Å². The van der Waals surface area contributed by atoms with E-state index in [0.29, 0.717) is 24.9 Å². The van der Waals surface area contributed by atoms with Gasteiger partial charge in [0.05, 0.1) is 12.1 Å². The van der Waals surface area contributed by atoms with E-state index in [-0.39, 0.29) is 24.7 Å². The van der Waals surface area contributed by atoms with Gasteiger partial charge in [-0.1, -0.05) is 90.3 Å². The van der Waals surface area contributed by atoms with Crippen LogP contribution in [0.1, 0.15) is 103 Å². The van der Waals surface area contributed by atoms with E-state index in [9.17, 15) is 28.8 Å². The van der Waals surface area contributed by atoms with Crippen LogP contribution in [0.5, 0.6) is 0 Å². The van der Waals surface area contributed by atoms with E-state index in [1.165, 1.54) is 11.0 Å². The molecule has 2 aliphatic rings. The minimum atomic E-state index is -1.04. The molecule has 4 N–H and O–H groups in total. The van der Waals surface area contributed by atoms with Crippen LogP contribution in [0, 0.1) is 23.7 Å². The summed E-state index contributed by atoms with van der Waals surface area (Å²) in [6, 6.07) is 4.63. The minimum absolute atomic E-state index is 0.0132. The van der Waals surface area contributed by atoms with E-state index in [1.807, 2.05) is 33.8 Å². The zero-order valence-electron chi connectivity index (χ0n) is 29.8. The summed E-state index contributed by atoms with van der Waals surface area (Å²) in [4.78, 5) is 80.7. The first-order chi connectivity index (χ1) is 23.3. The molecule has 3 unspecified atom stereocenters.